The molecule has 0 amide bonds. The smallest absolute Gasteiger partial charge is 0.326 e. The van der Waals surface area contributed by atoms with Crippen LogP contribution in [0.25, 0.3) is 0 Å². The second-order valence-electron chi connectivity index (χ2n) is 5.38. The number of nitrogens with zero attached hydrogens (tertiary/aromatic N) is 3. The number of benzene rings is 1. The number of likely N-dealkylation sites (N-methyl/N-ethyl adjacent to an activating group) is 1. The Morgan fingerprint density at radius 1 is 1.39 bits per heavy atom. The van der Waals surface area contributed by atoms with E-state index in [1.54, 1.807) is 11.9 Å². The van der Waals surface area contributed by atoms with E-state index in [0.717, 1.165) is 11.1 Å². The zero-order valence-electron chi connectivity index (χ0n) is 13.0. The van der Waals surface area contributed by atoms with Crippen molar-refractivity contribution in [3.63, 3.8) is 0 Å². The molecule has 0 fully saturated rings. The molecule has 0 aliphatic carbocycles. The highest BCUT2D eigenvalue weighted by molar-refractivity contribution is 7.98. The first-order chi connectivity index (χ1) is 11.0. The summed E-state index contributed by atoms with van der Waals surface area (Å²) < 4.78 is 5.65. The van der Waals surface area contributed by atoms with Gasteiger partial charge in [0.15, 0.2) is 11.3 Å². The highest BCUT2D eigenvalue weighted by Gasteiger charge is 2.32. The molecule has 0 saturated carbocycles. The number of fused-ring (bicyclic) bond motifs is 1. The topological polar surface area (TPSA) is 55.3 Å². The van der Waals surface area contributed by atoms with Crippen molar-refractivity contribution >= 4 is 35.1 Å². The number of rotatable bonds is 2. The molecule has 1 unspecified atom stereocenters. The minimum atomic E-state index is -0.606. The zero-order chi connectivity index (χ0) is 16.6. The van der Waals surface area contributed by atoms with Crippen molar-refractivity contribution in [3.05, 3.63) is 46.1 Å². The molecule has 7 heteroatoms. The predicted molar refractivity (Wildman–Crippen MR) is 91.2 cm³/mol. The van der Waals surface area contributed by atoms with E-state index >= 15 is 0 Å². The highest BCUT2D eigenvalue weighted by Crippen LogP contribution is 2.39. The van der Waals surface area contributed by atoms with Gasteiger partial charge in [0.05, 0.1) is 5.56 Å². The third-order valence-electron chi connectivity index (χ3n) is 3.63. The van der Waals surface area contributed by atoms with Gasteiger partial charge in [-0.05, 0) is 18.7 Å². The molecule has 2 aromatic rings. The Balaban J connectivity index is 2.21. The van der Waals surface area contributed by atoms with Gasteiger partial charge in [-0.3, -0.25) is 4.79 Å². The van der Waals surface area contributed by atoms with Crippen LogP contribution in [0.15, 0.2) is 29.4 Å². The molecule has 0 saturated heterocycles. The standard InChI is InChI=1S/C16H16ClN3O2S/c1-9-5-4-6-10(7-9)13-12-14(17)18-16(23-3)19-15(12)20(2)8-11(21)22-13/h4-7,13H,8H2,1-3H3. The van der Waals surface area contributed by atoms with Gasteiger partial charge in [-0.1, -0.05) is 53.2 Å². The van der Waals surface area contributed by atoms with E-state index in [9.17, 15) is 4.79 Å². The van der Waals surface area contributed by atoms with Crippen molar-refractivity contribution in [3.8, 4) is 0 Å². The number of carbonyl (C=O) groups excluding carboxylic acids is 1. The van der Waals surface area contributed by atoms with Crippen molar-refractivity contribution < 1.29 is 9.53 Å². The third-order valence-corrected chi connectivity index (χ3v) is 4.46. The maximum atomic E-state index is 12.1. The van der Waals surface area contributed by atoms with E-state index in [4.69, 9.17) is 16.3 Å². The number of ether oxygens (including phenoxy) is 1. The number of hydrogen-bond acceptors (Lipinski definition) is 6. The van der Waals surface area contributed by atoms with Gasteiger partial charge >= 0.3 is 5.97 Å². The normalized spacial score (nSPS) is 17.5. The number of esters is 1. The van der Waals surface area contributed by atoms with Crippen LogP contribution in [0.4, 0.5) is 5.82 Å². The Bertz CT molecular complexity index is 769. The lowest BCUT2D eigenvalue weighted by molar-refractivity contribution is -0.145. The fraction of sp³-hybridized carbons (Fsp3) is 0.312. The zero-order valence-corrected chi connectivity index (χ0v) is 14.6. The molecule has 1 aromatic carbocycles. The monoisotopic (exact) mass is 349 g/mol. The van der Waals surface area contributed by atoms with Gasteiger partial charge in [-0.15, -0.1) is 0 Å². The fourth-order valence-electron chi connectivity index (χ4n) is 2.58. The average Bonchev–Trinajstić information content (AvgIpc) is 2.64. The first-order valence-corrected chi connectivity index (χ1v) is 8.68. The number of anilines is 1. The minimum absolute atomic E-state index is 0.122. The van der Waals surface area contributed by atoms with Crippen LogP contribution in [0.1, 0.15) is 22.8 Å². The highest BCUT2D eigenvalue weighted by atomic mass is 35.5. The molecular formula is C16H16ClN3O2S. The van der Waals surface area contributed by atoms with Crippen LogP contribution in [-0.2, 0) is 9.53 Å². The number of cyclic esters (lactones) is 1. The summed E-state index contributed by atoms with van der Waals surface area (Å²) in [6.45, 7) is 2.11. The van der Waals surface area contributed by atoms with E-state index in [1.165, 1.54) is 11.8 Å². The van der Waals surface area contributed by atoms with Crippen LogP contribution in [0.5, 0.6) is 0 Å². The van der Waals surface area contributed by atoms with Crippen LogP contribution < -0.4 is 4.90 Å². The van der Waals surface area contributed by atoms with Gasteiger partial charge < -0.3 is 9.64 Å². The molecule has 2 heterocycles. The molecule has 1 aliphatic heterocycles. The van der Waals surface area contributed by atoms with Gasteiger partial charge in [0, 0.05) is 7.05 Å². The van der Waals surface area contributed by atoms with Crippen molar-refractivity contribution in [1.82, 2.24) is 9.97 Å². The Kier molecular flexibility index (Phi) is 4.46. The van der Waals surface area contributed by atoms with Crippen molar-refractivity contribution in [1.29, 1.82) is 0 Å². The van der Waals surface area contributed by atoms with E-state index < -0.39 is 6.10 Å². The fourth-order valence-corrected chi connectivity index (χ4v) is 3.26. The first-order valence-electron chi connectivity index (χ1n) is 7.08. The summed E-state index contributed by atoms with van der Waals surface area (Å²) in [4.78, 5) is 22.7. The second kappa shape index (κ2) is 6.37. The molecule has 120 valence electrons. The molecule has 1 aromatic heterocycles. The number of carbonyl (C=O) groups is 1. The Morgan fingerprint density at radius 3 is 2.87 bits per heavy atom. The summed E-state index contributed by atoms with van der Waals surface area (Å²) in [5.74, 6) is 0.311. The molecule has 0 N–H and O–H groups in total. The molecule has 0 spiro atoms. The maximum Gasteiger partial charge on any atom is 0.326 e. The first kappa shape index (κ1) is 16.1. The SMILES string of the molecule is CSc1nc(Cl)c2c(n1)N(C)CC(=O)OC2c1cccc(C)c1. The summed E-state index contributed by atoms with van der Waals surface area (Å²) in [5.41, 5.74) is 2.57. The Labute approximate surface area is 144 Å². The van der Waals surface area contributed by atoms with Crippen LogP contribution in [-0.4, -0.2) is 35.8 Å². The summed E-state index contributed by atoms with van der Waals surface area (Å²) >= 11 is 7.82. The van der Waals surface area contributed by atoms with Crippen LogP contribution in [0, 0.1) is 6.92 Å². The van der Waals surface area contributed by atoms with Gasteiger partial charge in [-0.2, -0.15) is 0 Å². The Hall–Kier alpha value is -1.79. The molecule has 0 bridgehead atoms. The minimum Gasteiger partial charge on any atom is -0.451 e. The van der Waals surface area contributed by atoms with Gasteiger partial charge in [0.25, 0.3) is 0 Å². The number of thioether (sulfide) groups is 1. The van der Waals surface area contributed by atoms with Crippen LogP contribution in [0.2, 0.25) is 5.15 Å². The summed E-state index contributed by atoms with van der Waals surface area (Å²) in [6.07, 6.45) is 1.28. The largest absolute Gasteiger partial charge is 0.451 e. The number of halogens is 1. The van der Waals surface area contributed by atoms with Gasteiger partial charge in [0.1, 0.15) is 17.5 Å². The van der Waals surface area contributed by atoms with Crippen LogP contribution >= 0.6 is 23.4 Å². The maximum absolute atomic E-state index is 12.1. The van der Waals surface area contributed by atoms with E-state index in [1.807, 2.05) is 37.4 Å². The van der Waals surface area contributed by atoms with E-state index in [-0.39, 0.29) is 12.5 Å². The lowest BCUT2D eigenvalue weighted by atomic mass is 10.0. The quantitative estimate of drug-likeness (QED) is 0.359. The van der Waals surface area contributed by atoms with Gasteiger partial charge in [0.2, 0.25) is 0 Å². The lowest BCUT2D eigenvalue weighted by Gasteiger charge is -2.20. The summed E-state index contributed by atoms with van der Waals surface area (Å²) in [7, 11) is 1.80. The molecule has 1 aliphatic rings. The Morgan fingerprint density at radius 2 is 2.17 bits per heavy atom. The second-order valence-corrected chi connectivity index (χ2v) is 6.51. The number of hydrogen-bond donors (Lipinski definition) is 0. The summed E-state index contributed by atoms with van der Waals surface area (Å²) in [6, 6.07) is 7.81. The predicted octanol–water partition coefficient (Wildman–Crippen LogP) is 3.24. The van der Waals surface area contributed by atoms with E-state index in [2.05, 4.69) is 9.97 Å². The third kappa shape index (κ3) is 3.14. The molecule has 1 atom stereocenters. The molecule has 0 radical (unpaired) electrons. The van der Waals surface area contributed by atoms with E-state index in [0.29, 0.717) is 21.7 Å². The molecular weight excluding hydrogens is 334 g/mol. The van der Waals surface area contributed by atoms with Crippen LogP contribution in [0.3, 0.4) is 0 Å². The lowest BCUT2D eigenvalue weighted by Crippen LogP contribution is -2.25. The number of aromatic nitrogens is 2. The average molecular weight is 350 g/mol. The molecule has 3 rings (SSSR count). The number of aryl methyl sites for hydroxylation is 1. The van der Waals surface area contributed by atoms with Crippen molar-refractivity contribution in [2.75, 3.05) is 24.7 Å². The van der Waals surface area contributed by atoms with Crippen molar-refractivity contribution in [2.45, 2.75) is 18.2 Å². The van der Waals surface area contributed by atoms with Crippen molar-refractivity contribution in [2.24, 2.45) is 0 Å². The molecule has 5 nitrogen and oxygen atoms in total. The summed E-state index contributed by atoms with van der Waals surface area (Å²) in [5, 5.41) is 0.880. The van der Waals surface area contributed by atoms with Gasteiger partial charge in [-0.25, -0.2) is 9.97 Å². The molecule has 23 heavy (non-hydrogen) atoms.